The van der Waals surface area contributed by atoms with Crippen molar-refractivity contribution in [2.45, 2.75) is 90.6 Å². The van der Waals surface area contributed by atoms with Crippen molar-refractivity contribution in [3.8, 4) is 0 Å². The number of likely N-dealkylation sites (tertiary alicyclic amines) is 1. The Hall–Kier alpha value is -1.30. The van der Waals surface area contributed by atoms with Crippen molar-refractivity contribution >= 4 is 12.1 Å². The standard InChI is InChI=1S/C21H40N2O4/c1-3-5-7-8-11-19(12-13-20(24)26-18-6-4-2)27-21(25)22-14-17-23-15-9-10-16-23/h19H,3-18H2,1-2H3,(H,22,25)/t19-/m0/s1. The van der Waals surface area contributed by atoms with Crippen molar-refractivity contribution in [1.82, 2.24) is 10.2 Å². The molecular formula is C21H40N2O4. The van der Waals surface area contributed by atoms with Gasteiger partial charge in [0.15, 0.2) is 0 Å². The average Bonchev–Trinajstić information content (AvgIpc) is 3.16. The van der Waals surface area contributed by atoms with E-state index in [9.17, 15) is 9.59 Å². The summed E-state index contributed by atoms with van der Waals surface area (Å²) in [6.45, 7) is 8.45. The molecule has 1 amide bonds. The van der Waals surface area contributed by atoms with Gasteiger partial charge in [0.2, 0.25) is 0 Å². The number of esters is 1. The van der Waals surface area contributed by atoms with Crippen LogP contribution in [0.15, 0.2) is 0 Å². The first-order valence-corrected chi connectivity index (χ1v) is 11.0. The number of nitrogens with one attached hydrogen (secondary N) is 1. The van der Waals surface area contributed by atoms with E-state index in [-0.39, 0.29) is 18.2 Å². The molecule has 1 atom stereocenters. The van der Waals surface area contributed by atoms with Crippen molar-refractivity contribution in [2.75, 3.05) is 32.8 Å². The quantitative estimate of drug-likeness (QED) is 0.337. The van der Waals surface area contributed by atoms with Crippen molar-refractivity contribution in [2.24, 2.45) is 0 Å². The third-order valence-electron chi connectivity index (χ3n) is 4.98. The van der Waals surface area contributed by atoms with E-state index in [1.54, 1.807) is 0 Å². The molecule has 0 saturated carbocycles. The maximum absolute atomic E-state index is 12.1. The topological polar surface area (TPSA) is 67.9 Å². The third kappa shape index (κ3) is 12.7. The van der Waals surface area contributed by atoms with Gasteiger partial charge in [0, 0.05) is 19.5 Å². The minimum Gasteiger partial charge on any atom is -0.466 e. The number of nitrogens with zero attached hydrogens (tertiary/aromatic N) is 1. The highest BCUT2D eigenvalue weighted by atomic mass is 16.6. The van der Waals surface area contributed by atoms with Crippen molar-refractivity contribution in [1.29, 1.82) is 0 Å². The van der Waals surface area contributed by atoms with Crippen LogP contribution in [0, 0.1) is 0 Å². The van der Waals surface area contributed by atoms with E-state index in [2.05, 4.69) is 24.1 Å². The molecule has 6 heteroatoms. The van der Waals surface area contributed by atoms with Crippen LogP contribution < -0.4 is 5.32 Å². The van der Waals surface area contributed by atoms with Crippen molar-refractivity contribution < 1.29 is 19.1 Å². The highest BCUT2D eigenvalue weighted by Crippen LogP contribution is 2.14. The van der Waals surface area contributed by atoms with Crippen LogP contribution in [0.25, 0.3) is 0 Å². The Morgan fingerprint density at radius 2 is 1.74 bits per heavy atom. The molecule has 0 aromatic heterocycles. The molecular weight excluding hydrogens is 344 g/mol. The van der Waals surface area contributed by atoms with Gasteiger partial charge in [0.1, 0.15) is 6.10 Å². The highest BCUT2D eigenvalue weighted by Gasteiger charge is 2.17. The van der Waals surface area contributed by atoms with E-state index in [0.29, 0.717) is 26.0 Å². The van der Waals surface area contributed by atoms with Crippen molar-refractivity contribution in [3.63, 3.8) is 0 Å². The van der Waals surface area contributed by atoms with Gasteiger partial charge < -0.3 is 19.7 Å². The number of hydrogen-bond donors (Lipinski definition) is 1. The van der Waals surface area contributed by atoms with Crippen LogP contribution in [0.3, 0.4) is 0 Å². The molecule has 158 valence electrons. The molecule has 0 aliphatic carbocycles. The lowest BCUT2D eigenvalue weighted by molar-refractivity contribution is -0.144. The predicted octanol–water partition coefficient (Wildman–Crippen LogP) is 4.27. The summed E-state index contributed by atoms with van der Waals surface area (Å²) in [5, 5.41) is 2.85. The van der Waals surface area contributed by atoms with Crippen LogP contribution in [0.5, 0.6) is 0 Å². The van der Waals surface area contributed by atoms with Crippen LogP contribution in [0.2, 0.25) is 0 Å². The van der Waals surface area contributed by atoms with Crippen molar-refractivity contribution in [3.05, 3.63) is 0 Å². The summed E-state index contributed by atoms with van der Waals surface area (Å²) in [6.07, 6.45) is 9.98. The molecule has 1 N–H and O–H groups in total. The van der Waals surface area contributed by atoms with Gasteiger partial charge in [-0.05, 0) is 51.6 Å². The van der Waals surface area contributed by atoms with Crippen LogP contribution in [-0.4, -0.2) is 55.9 Å². The fourth-order valence-corrected chi connectivity index (χ4v) is 3.26. The molecule has 0 aromatic carbocycles. The number of rotatable bonds is 15. The molecule has 0 unspecified atom stereocenters. The second kappa shape index (κ2) is 15.7. The fraction of sp³-hybridized carbons (Fsp3) is 0.905. The zero-order valence-corrected chi connectivity index (χ0v) is 17.5. The molecule has 1 fully saturated rings. The van der Waals surface area contributed by atoms with Gasteiger partial charge >= 0.3 is 12.1 Å². The molecule has 0 bridgehead atoms. The van der Waals surface area contributed by atoms with Gasteiger partial charge in [-0.3, -0.25) is 4.79 Å². The largest absolute Gasteiger partial charge is 0.466 e. The lowest BCUT2D eigenvalue weighted by Crippen LogP contribution is -2.35. The predicted molar refractivity (Wildman–Crippen MR) is 108 cm³/mol. The van der Waals surface area contributed by atoms with E-state index in [0.717, 1.165) is 51.7 Å². The number of alkyl carbamates (subject to hydrolysis) is 1. The third-order valence-corrected chi connectivity index (χ3v) is 4.98. The van der Waals surface area contributed by atoms with Gasteiger partial charge in [-0.15, -0.1) is 0 Å². The van der Waals surface area contributed by atoms with Gasteiger partial charge in [-0.25, -0.2) is 4.79 Å². The first kappa shape index (κ1) is 23.7. The van der Waals surface area contributed by atoms with Crippen LogP contribution in [-0.2, 0) is 14.3 Å². The number of ether oxygens (including phenoxy) is 2. The monoisotopic (exact) mass is 384 g/mol. The minimum atomic E-state index is -0.367. The first-order valence-electron chi connectivity index (χ1n) is 11.0. The Labute approximate surface area is 165 Å². The molecule has 1 saturated heterocycles. The normalized spacial score (nSPS) is 15.5. The molecule has 1 aliphatic rings. The molecule has 1 aliphatic heterocycles. The zero-order chi connectivity index (χ0) is 19.7. The maximum atomic E-state index is 12.1. The summed E-state index contributed by atoms with van der Waals surface area (Å²) < 4.78 is 10.8. The second-order valence-electron chi connectivity index (χ2n) is 7.46. The minimum absolute atomic E-state index is 0.194. The summed E-state index contributed by atoms with van der Waals surface area (Å²) >= 11 is 0. The molecule has 6 nitrogen and oxygen atoms in total. The maximum Gasteiger partial charge on any atom is 0.407 e. The number of unbranched alkanes of at least 4 members (excludes halogenated alkanes) is 4. The fourth-order valence-electron chi connectivity index (χ4n) is 3.26. The summed E-state index contributed by atoms with van der Waals surface area (Å²) in [4.78, 5) is 26.3. The van der Waals surface area contributed by atoms with E-state index < -0.39 is 0 Å². The lowest BCUT2D eigenvalue weighted by Gasteiger charge is -2.19. The van der Waals surface area contributed by atoms with E-state index in [1.807, 2.05) is 0 Å². The zero-order valence-electron chi connectivity index (χ0n) is 17.5. The molecule has 0 spiro atoms. The Morgan fingerprint density at radius 3 is 2.44 bits per heavy atom. The van der Waals surface area contributed by atoms with Gasteiger partial charge in [-0.1, -0.05) is 39.5 Å². The van der Waals surface area contributed by atoms with Gasteiger partial charge in [-0.2, -0.15) is 0 Å². The molecule has 1 heterocycles. The molecule has 0 radical (unpaired) electrons. The Morgan fingerprint density at radius 1 is 1.00 bits per heavy atom. The molecule has 0 aromatic rings. The van der Waals surface area contributed by atoms with E-state index in [4.69, 9.17) is 9.47 Å². The number of carbonyl (C=O) groups is 2. The summed E-state index contributed by atoms with van der Waals surface area (Å²) in [6, 6.07) is 0. The number of hydrogen-bond acceptors (Lipinski definition) is 5. The van der Waals surface area contributed by atoms with Crippen LogP contribution in [0.4, 0.5) is 4.79 Å². The van der Waals surface area contributed by atoms with E-state index >= 15 is 0 Å². The molecule has 27 heavy (non-hydrogen) atoms. The summed E-state index contributed by atoms with van der Waals surface area (Å²) in [5.74, 6) is -0.194. The van der Waals surface area contributed by atoms with Gasteiger partial charge in [0.25, 0.3) is 0 Å². The smallest absolute Gasteiger partial charge is 0.407 e. The van der Waals surface area contributed by atoms with Crippen LogP contribution >= 0.6 is 0 Å². The Balaban J connectivity index is 2.28. The highest BCUT2D eigenvalue weighted by molar-refractivity contribution is 5.69. The SMILES string of the molecule is CCCCCC[C@@H](CCC(=O)OCCCC)OC(=O)NCCN1CCCC1. The Kier molecular flexibility index (Phi) is 13.8. The lowest BCUT2D eigenvalue weighted by atomic mass is 10.1. The van der Waals surface area contributed by atoms with Crippen LogP contribution in [0.1, 0.15) is 84.5 Å². The van der Waals surface area contributed by atoms with Gasteiger partial charge in [0.05, 0.1) is 6.61 Å². The summed E-state index contributed by atoms with van der Waals surface area (Å²) in [5.41, 5.74) is 0. The average molecular weight is 385 g/mol. The second-order valence-corrected chi connectivity index (χ2v) is 7.46. The number of carbonyl (C=O) groups excluding carboxylic acids is 2. The molecule has 1 rings (SSSR count). The van der Waals surface area contributed by atoms with E-state index in [1.165, 1.54) is 25.7 Å². The summed E-state index contributed by atoms with van der Waals surface area (Å²) in [7, 11) is 0. The first-order chi connectivity index (χ1) is 13.2. The number of amides is 1. The Bertz CT molecular complexity index is 398.